The summed E-state index contributed by atoms with van der Waals surface area (Å²) in [6.07, 6.45) is 0.917. The average Bonchev–Trinajstić information content (AvgIpc) is 3.79. The third-order valence-electron chi connectivity index (χ3n) is 8.56. The molecule has 1 N–H and O–H groups in total. The second kappa shape index (κ2) is 19.2. The largest absolute Gasteiger partial charge is 0.472 e. The number of piperazine rings is 2. The van der Waals surface area contributed by atoms with Crippen molar-refractivity contribution in [3.63, 3.8) is 0 Å². The summed E-state index contributed by atoms with van der Waals surface area (Å²) in [4.78, 5) is 70.0. The quantitative estimate of drug-likeness (QED) is 0.175. The van der Waals surface area contributed by atoms with Gasteiger partial charge in [-0.05, 0) is 55.4 Å². The van der Waals surface area contributed by atoms with Crippen LogP contribution in [0.2, 0.25) is 20.4 Å². The molecule has 2 atom stereocenters. The molecule has 2 amide bonds. The average molecular weight is 933 g/mol. The molecule has 0 spiro atoms. The number of nitrogens with zero attached hydrogens (tertiary/aromatic N) is 9. The molecule has 0 aliphatic carbocycles. The van der Waals surface area contributed by atoms with Crippen LogP contribution in [0.3, 0.4) is 0 Å². The molecular weight excluding hydrogens is 886 g/mol. The molecule has 0 aromatic carbocycles. The second-order valence-corrected chi connectivity index (χ2v) is 18.7. The fourth-order valence-electron chi connectivity index (χ4n) is 5.98. The van der Waals surface area contributed by atoms with Crippen LogP contribution in [0.15, 0.2) is 28.5 Å². The van der Waals surface area contributed by atoms with Gasteiger partial charge in [-0.3, -0.25) is 4.79 Å². The standard InChI is InChI=1S/C20H25Cl2N5O3S.C17H21Cl2N5O3S/c1-6-9-29-18-13(21)17(24-16(25-18)14-15(22)23-11-31-14)27-8-7-26(10-12(27)2)19(28)30-20(3,4)5;1-9-7-23(16(26)27-17(2,3)4)5-6-24(9)14-10(18)15(25)22-13(21-14)11-12(19)20-8-28-11/h6,11-12H,1,7-10H2,2-5H3;8-9H,5-7H2,1-4H3,(H,21,22,25)/t12-;9-/m11/s1. The lowest BCUT2D eigenvalue weighted by atomic mass is 10.2. The minimum atomic E-state index is -0.558. The molecule has 2 aliphatic rings. The Hall–Kier alpha value is -3.94. The number of hydrogen-bond donors (Lipinski definition) is 1. The summed E-state index contributed by atoms with van der Waals surface area (Å²) in [5.41, 5.74) is 1.65. The first kappa shape index (κ1) is 46.1. The summed E-state index contributed by atoms with van der Waals surface area (Å²) < 4.78 is 16.6. The Morgan fingerprint density at radius 2 is 1.29 bits per heavy atom. The van der Waals surface area contributed by atoms with Gasteiger partial charge in [0.2, 0.25) is 5.88 Å². The first-order chi connectivity index (χ1) is 27.7. The van der Waals surface area contributed by atoms with Crippen LogP contribution in [0.4, 0.5) is 21.2 Å². The highest BCUT2D eigenvalue weighted by Crippen LogP contribution is 2.38. The van der Waals surface area contributed by atoms with Crippen LogP contribution in [-0.4, -0.2) is 121 Å². The maximum absolute atomic E-state index is 12.5. The zero-order valence-electron chi connectivity index (χ0n) is 33.8. The molecule has 0 radical (unpaired) electrons. The molecule has 22 heteroatoms. The van der Waals surface area contributed by atoms with Gasteiger partial charge in [0.1, 0.15) is 37.6 Å². The fourth-order valence-corrected chi connectivity index (χ4v) is 8.31. The summed E-state index contributed by atoms with van der Waals surface area (Å²) >= 11 is 27.8. The van der Waals surface area contributed by atoms with Crippen molar-refractivity contribution in [2.45, 2.75) is 78.7 Å². The van der Waals surface area contributed by atoms with Crippen molar-refractivity contribution in [3.8, 4) is 27.3 Å². The minimum Gasteiger partial charge on any atom is -0.472 e. The number of nitrogens with one attached hydrogen (secondary N) is 1. The molecule has 6 rings (SSSR count). The molecule has 6 heterocycles. The van der Waals surface area contributed by atoms with Gasteiger partial charge in [-0.2, -0.15) is 4.98 Å². The van der Waals surface area contributed by atoms with Gasteiger partial charge in [0.25, 0.3) is 5.56 Å². The highest BCUT2D eigenvalue weighted by atomic mass is 35.5. The Balaban J connectivity index is 0.000000225. The number of H-pyrrole nitrogens is 1. The Labute approximate surface area is 370 Å². The SMILES string of the molecule is C=CCOc1nc(-c2scnc2Cl)nc(N2CCN(C(=O)OC(C)(C)C)C[C@H]2C)c1Cl.C[C@@H]1CN(C(=O)OC(C)(C)C)CCN1c1nc(-c2scnc2Cl)[nH]c(=O)c1Cl. The third kappa shape index (κ3) is 11.7. The van der Waals surface area contributed by atoms with E-state index in [2.05, 4.69) is 36.5 Å². The zero-order chi connectivity index (χ0) is 43.4. The minimum absolute atomic E-state index is 0.00181. The van der Waals surface area contributed by atoms with Crippen molar-refractivity contribution < 1.29 is 23.8 Å². The van der Waals surface area contributed by atoms with Crippen molar-refractivity contribution in [2.24, 2.45) is 0 Å². The number of carbonyl (C=O) groups is 2. The summed E-state index contributed by atoms with van der Waals surface area (Å²) in [7, 11) is 0. The Bertz CT molecular complexity index is 2210. The monoisotopic (exact) mass is 930 g/mol. The summed E-state index contributed by atoms with van der Waals surface area (Å²) in [6.45, 7) is 21.7. The predicted molar refractivity (Wildman–Crippen MR) is 234 cm³/mol. The lowest BCUT2D eigenvalue weighted by Crippen LogP contribution is -2.55. The Morgan fingerprint density at radius 3 is 1.73 bits per heavy atom. The number of hydrogen-bond acceptors (Lipinski definition) is 15. The Kier molecular flexibility index (Phi) is 15.0. The van der Waals surface area contributed by atoms with Gasteiger partial charge in [-0.15, -0.1) is 22.7 Å². The van der Waals surface area contributed by atoms with Gasteiger partial charge in [0, 0.05) is 51.4 Å². The van der Waals surface area contributed by atoms with Gasteiger partial charge >= 0.3 is 12.2 Å². The normalized spacial score (nSPS) is 17.3. The van der Waals surface area contributed by atoms with E-state index in [1.54, 1.807) is 26.9 Å². The maximum atomic E-state index is 12.5. The topological polar surface area (TPSA) is 172 Å². The number of aromatic amines is 1. The van der Waals surface area contributed by atoms with E-state index in [-0.39, 0.29) is 46.9 Å². The van der Waals surface area contributed by atoms with Crippen LogP contribution in [-0.2, 0) is 9.47 Å². The molecular formula is C37H46Cl4N10O6S2. The lowest BCUT2D eigenvalue weighted by molar-refractivity contribution is 0.0208. The van der Waals surface area contributed by atoms with Gasteiger partial charge in [0.15, 0.2) is 33.6 Å². The number of halogens is 4. The highest BCUT2D eigenvalue weighted by Gasteiger charge is 2.34. The van der Waals surface area contributed by atoms with E-state index >= 15 is 0 Å². The fraction of sp³-hybridized carbons (Fsp3) is 0.514. The number of carbonyl (C=O) groups excluding carboxylic acids is 2. The van der Waals surface area contributed by atoms with Gasteiger partial charge in [-0.1, -0.05) is 59.1 Å². The van der Waals surface area contributed by atoms with Crippen LogP contribution in [0.25, 0.3) is 21.4 Å². The van der Waals surface area contributed by atoms with Crippen LogP contribution >= 0.6 is 69.1 Å². The van der Waals surface area contributed by atoms with Crippen LogP contribution in [0.5, 0.6) is 5.88 Å². The summed E-state index contributed by atoms with van der Waals surface area (Å²) in [5.74, 6) is 1.83. The number of aromatic nitrogens is 6. The molecule has 2 saturated heterocycles. The van der Waals surface area contributed by atoms with Gasteiger partial charge in [0.05, 0.1) is 11.0 Å². The molecule has 59 heavy (non-hydrogen) atoms. The molecule has 0 bridgehead atoms. The number of thiazole rings is 2. The van der Waals surface area contributed by atoms with Gasteiger partial charge in [-0.25, -0.2) is 29.5 Å². The highest BCUT2D eigenvalue weighted by molar-refractivity contribution is 7.14. The van der Waals surface area contributed by atoms with Crippen LogP contribution in [0.1, 0.15) is 55.4 Å². The van der Waals surface area contributed by atoms with Crippen molar-refractivity contribution in [2.75, 3.05) is 55.7 Å². The number of ether oxygens (including phenoxy) is 3. The molecule has 2 aliphatic heterocycles. The number of anilines is 2. The first-order valence-electron chi connectivity index (χ1n) is 18.5. The molecule has 0 unspecified atom stereocenters. The van der Waals surface area contributed by atoms with Crippen molar-refractivity contribution in [1.82, 2.24) is 39.7 Å². The van der Waals surface area contributed by atoms with Gasteiger partial charge < -0.3 is 38.8 Å². The van der Waals surface area contributed by atoms with E-state index in [1.165, 1.54) is 22.7 Å². The molecule has 4 aromatic rings. The Morgan fingerprint density at radius 1 is 0.797 bits per heavy atom. The van der Waals surface area contributed by atoms with Crippen molar-refractivity contribution in [3.05, 3.63) is 54.4 Å². The van der Waals surface area contributed by atoms with E-state index in [0.29, 0.717) is 82.5 Å². The van der Waals surface area contributed by atoms with Crippen LogP contribution < -0.4 is 20.1 Å². The number of amides is 2. The second-order valence-electron chi connectivity index (χ2n) is 15.5. The van der Waals surface area contributed by atoms with E-state index in [4.69, 9.17) is 60.6 Å². The number of rotatable bonds is 7. The van der Waals surface area contributed by atoms with E-state index in [0.717, 1.165) is 0 Å². The molecule has 320 valence electrons. The molecule has 4 aromatic heterocycles. The van der Waals surface area contributed by atoms with Crippen LogP contribution in [0, 0.1) is 0 Å². The summed E-state index contributed by atoms with van der Waals surface area (Å²) in [5, 5.41) is 0.880. The third-order valence-corrected chi connectivity index (χ3v) is 11.7. The maximum Gasteiger partial charge on any atom is 0.410 e. The van der Waals surface area contributed by atoms with E-state index < -0.39 is 16.8 Å². The van der Waals surface area contributed by atoms with E-state index in [1.807, 2.05) is 65.2 Å². The predicted octanol–water partition coefficient (Wildman–Crippen LogP) is 8.56. The zero-order valence-corrected chi connectivity index (χ0v) is 38.5. The smallest absolute Gasteiger partial charge is 0.410 e. The van der Waals surface area contributed by atoms with Crippen molar-refractivity contribution >= 4 is 92.9 Å². The van der Waals surface area contributed by atoms with E-state index in [9.17, 15) is 14.4 Å². The molecule has 0 saturated carbocycles. The molecule has 16 nitrogen and oxygen atoms in total. The molecule has 2 fully saturated rings. The van der Waals surface area contributed by atoms with Crippen molar-refractivity contribution in [1.29, 1.82) is 0 Å². The lowest BCUT2D eigenvalue weighted by Gasteiger charge is -2.41. The first-order valence-corrected chi connectivity index (χ1v) is 21.7. The summed E-state index contributed by atoms with van der Waals surface area (Å²) in [6, 6.07) is -0.177.